The SMILES string of the molecule is CCN(C(=O)COc1cccc(C#N)c1)[C@H]1CCS(=O)(=O)C1. The smallest absolute Gasteiger partial charge is 0.260 e. The summed E-state index contributed by atoms with van der Waals surface area (Å²) in [5.74, 6) is 0.359. The molecule has 6 nitrogen and oxygen atoms in total. The van der Waals surface area contributed by atoms with E-state index in [0.717, 1.165) is 0 Å². The van der Waals surface area contributed by atoms with Gasteiger partial charge in [0.2, 0.25) is 0 Å². The van der Waals surface area contributed by atoms with E-state index in [1.54, 1.807) is 29.2 Å². The predicted molar refractivity (Wildman–Crippen MR) is 81.1 cm³/mol. The molecule has 1 heterocycles. The zero-order valence-electron chi connectivity index (χ0n) is 12.4. The molecule has 1 atom stereocenters. The number of amides is 1. The van der Waals surface area contributed by atoms with Crippen molar-refractivity contribution in [3.8, 4) is 11.8 Å². The second kappa shape index (κ2) is 6.79. The predicted octanol–water partition coefficient (Wildman–Crippen LogP) is 0.973. The lowest BCUT2D eigenvalue weighted by molar-refractivity contribution is -0.135. The van der Waals surface area contributed by atoms with Gasteiger partial charge in [0.1, 0.15) is 5.75 Å². The molecule has 118 valence electrons. The van der Waals surface area contributed by atoms with Crippen LogP contribution in [0.1, 0.15) is 18.9 Å². The van der Waals surface area contributed by atoms with E-state index in [1.807, 2.05) is 13.0 Å². The van der Waals surface area contributed by atoms with Gasteiger partial charge in [-0.25, -0.2) is 8.42 Å². The van der Waals surface area contributed by atoms with Crippen molar-refractivity contribution in [2.24, 2.45) is 0 Å². The molecule has 1 amide bonds. The van der Waals surface area contributed by atoms with E-state index in [0.29, 0.717) is 24.3 Å². The maximum Gasteiger partial charge on any atom is 0.260 e. The summed E-state index contributed by atoms with van der Waals surface area (Å²) >= 11 is 0. The van der Waals surface area contributed by atoms with Crippen molar-refractivity contribution in [2.45, 2.75) is 19.4 Å². The molecule has 0 unspecified atom stereocenters. The zero-order chi connectivity index (χ0) is 16.2. The number of sulfone groups is 1. The van der Waals surface area contributed by atoms with Crippen molar-refractivity contribution in [2.75, 3.05) is 24.7 Å². The minimum absolute atomic E-state index is 0.0243. The highest BCUT2D eigenvalue weighted by Gasteiger charge is 2.33. The number of carbonyl (C=O) groups excluding carboxylic acids is 1. The number of ether oxygens (including phenoxy) is 1. The molecule has 1 aliphatic heterocycles. The van der Waals surface area contributed by atoms with Crippen LogP contribution >= 0.6 is 0 Å². The largest absolute Gasteiger partial charge is 0.484 e. The number of hydrogen-bond donors (Lipinski definition) is 0. The second-order valence-electron chi connectivity index (χ2n) is 5.16. The first-order valence-electron chi connectivity index (χ1n) is 7.08. The van der Waals surface area contributed by atoms with Gasteiger partial charge in [0.15, 0.2) is 16.4 Å². The first-order valence-corrected chi connectivity index (χ1v) is 8.90. The van der Waals surface area contributed by atoms with Crippen molar-refractivity contribution < 1.29 is 17.9 Å². The average Bonchev–Trinajstić information content (AvgIpc) is 2.86. The Morgan fingerprint density at radius 2 is 2.27 bits per heavy atom. The summed E-state index contributed by atoms with van der Waals surface area (Å²) in [5.41, 5.74) is 0.458. The Morgan fingerprint density at radius 3 is 2.86 bits per heavy atom. The highest BCUT2D eigenvalue weighted by Crippen LogP contribution is 2.18. The average molecular weight is 322 g/mol. The first kappa shape index (κ1) is 16.3. The maximum atomic E-state index is 12.2. The van der Waals surface area contributed by atoms with Gasteiger partial charge in [0, 0.05) is 12.6 Å². The minimum Gasteiger partial charge on any atom is -0.484 e. The Bertz CT molecular complexity index is 694. The summed E-state index contributed by atoms with van der Waals surface area (Å²) in [6.07, 6.45) is 0.478. The highest BCUT2D eigenvalue weighted by atomic mass is 32.2. The molecule has 1 fully saturated rings. The number of nitrogens with zero attached hydrogens (tertiary/aromatic N) is 2. The number of likely N-dealkylation sites (N-methyl/N-ethyl adjacent to an activating group) is 1. The zero-order valence-corrected chi connectivity index (χ0v) is 13.2. The van der Waals surface area contributed by atoms with Crippen molar-refractivity contribution in [1.29, 1.82) is 5.26 Å². The van der Waals surface area contributed by atoms with E-state index in [-0.39, 0.29) is 30.1 Å². The third-order valence-corrected chi connectivity index (χ3v) is 5.39. The molecule has 1 aromatic carbocycles. The molecule has 0 radical (unpaired) electrons. The van der Waals surface area contributed by atoms with Crippen LogP contribution in [0.4, 0.5) is 0 Å². The molecule has 22 heavy (non-hydrogen) atoms. The first-order chi connectivity index (χ1) is 10.4. The van der Waals surface area contributed by atoms with Crippen LogP contribution in [-0.4, -0.2) is 49.9 Å². The van der Waals surface area contributed by atoms with Crippen molar-refractivity contribution in [3.63, 3.8) is 0 Å². The van der Waals surface area contributed by atoms with E-state index < -0.39 is 9.84 Å². The molecule has 1 aromatic rings. The molecule has 1 aliphatic rings. The van der Waals surface area contributed by atoms with E-state index in [9.17, 15) is 13.2 Å². The van der Waals surface area contributed by atoms with Gasteiger partial charge in [-0.15, -0.1) is 0 Å². The van der Waals surface area contributed by atoms with Crippen LogP contribution in [0.5, 0.6) is 5.75 Å². The summed E-state index contributed by atoms with van der Waals surface area (Å²) in [6.45, 7) is 2.10. The van der Waals surface area contributed by atoms with Gasteiger partial charge >= 0.3 is 0 Å². The Morgan fingerprint density at radius 1 is 1.50 bits per heavy atom. The van der Waals surface area contributed by atoms with Crippen molar-refractivity contribution in [1.82, 2.24) is 4.90 Å². The number of rotatable bonds is 5. The lowest BCUT2D eigenvalue weighted by atomic mass is 10.2. The molecular weight excluding hydrogens is 304 g/mol. The van der Waals surface area contributed by atoms with Crippen LogP contribution in [0.25, 0.3) is 0 Å². The molecule has 0 bridgehead atoms. The van der Waals surface area contributed by atoms with E-state index in [4.69, 9.17) is 10.00 Å². The molecular formula is C15H18N2O4S. The maximum absolute atomic E-state index is 12.2. The normalized spacial score (nSPS) is 19.4. The van der Waals surface area contributed by atoms with E-state index in [2.05, 4.69) is 0 Å². The monoisotopic (exact) mass is 322 g/mol. The number of nitriles is 1. The van der Waals surface area contributed by atoms with Gasteiger partial charge < -0.3 is 9.64 Å². The van der Waals surface area contributed by atoms with E-state index in [1.165, 1.54) is 0 Å². The van der Waals surface area contributed by atoms with Gasteiger partial charge in [-0.3, -0.25) is 4.79 Å². The fourth-order valence-electron chi connectivity index (χ4n) is 2.54. The summed E-state index contributed by atoms with van der Waals surface area (Å²) in [5, 5.41) is 8.82. The van der Waals surface area contributed by atoms with Crippen LogP contribution < -0.4 is 4.74 Å². The highest BCUT2D eigenvalue weighted by molar-refractivity contribution is 7.91. The summed E-state index contributed by atoms with van der Waals surface area (Å²) in [7, 11) is -3.03. The van der Waals surface area contributed by atoms with Gasteiger partial charge in [-0.05, 0) is 31.5 Å². The van der Waals surface area contributed by atoms with Gasteiger partial charge in [0.25, 0.3) is 5.91 Å². The van der Waals surface area contributed by atoms with Crippen LogP contribution in [0, 0.1) is 11.3 Å². The Kier molecular flexibility index (Phi) is 5.03. The molecule has 0 spiro atoms. The fraction of sp³-hybridized carbons (Fsp3) is 0.467. The Balaban J connectivity index is 1.97. The molecule has 2 rings (SSSR count). The summed E-state index contributed by atoms with van der Waals surface area (Å²) in [6, 6.07) is 8.29. The van der Waals surface area contributed by atoms with Crippen LogP contribution in [0.3, 0.4) is 0 Å². The molecule has 0 aliphatic carbocycles. The molecule has 0 N–H and O–H groups in total. The lowest BCUT2D eigenvalue weighted by Crippen LogP contribution is -2.43. The van der Waals surface area contributed by atoms with Crippen molar-refractivity contribution >= 4 is 15.7 Å². The third-order valence-electron chi connectivity index (χ3n) is 3.64. The topological polar surface area (TPSA) is 87.5 Å². The Labute approximate surface area is 130 Å². The fourth-order valence-corrected chi connectivity index (χ4v) is 4.27. The minimum atomic E-state index is -3.03. The van der Waals surface area contributed by atoms with Crippen LogP contribution in [0.2, 0.25) is 0 Å². The standard InChI is InChI=1S/C15H18N2O4S/c1-2-17(13-6-7-22(19,20)11-13)15(18)10-21-14-5-3-4-12(8-14)9-16/h3-5,8,13H,2,6-7,10-11H2,1H3/t13-/m0/s1. The van der Waals surface area contributed by atoms with E-state index >= 15 is 0 Å². The molecule has 1 saturated heterocycles. The number of benzene rings is 1. The van der Waals surface area contributed by atoms with Gasteiger partial charge in [-0.2, -0.15) is 5.26 Å². The molecule has 7 heteroatoms. The Hall–Kier alpha value is -2.07. The summed E-state index contributed by atoms with van der Waals surface area (Å²) in [4.78, 5) is 13.8. The summed E-state index contributed by atoms with van der Waals surface area (Å²) < 4.78 is 28.5. The number of carbonyl (C=O) groups is 1. The van der Waals surface area contributed by atoms with Crippen molar-refractivity contribution in [3.05, 3.63) is 29.8 Å². The quantitative estimate of drug-likeness (QED) is 0.806. The van der Waals surface area contributed by atoms with Crippen LogP contribution in [0.15, 0.2) is 24.3 Å². The molecule has 0 aromatic heterocycles. The van der Waals surface area contributed by atoms with Crippen LogP contribution in [-0.2, 0) is 14.6 Å². The second-order valence-corrected chi connectivity index (χ2v) is 7.39. The third kappa shape index (κ3) is 3.98. The lowest BCUT2D eigenvalue weighted by Gasteiger charge is -2.26. The van der Waals surface area contributed by atoms with Gasteiger partial charge in [-0.1, -0.05) is 6.07 Å². The molecule has 0 saturated carbocycles. The van der Waals surface area contributed by atoms with Gasteiger partial charge in [0.05, 0.1) is 23.1 Å². The number of hydrogen-bond acceptors (Lipinski definition) is 5.